The average molecular weight is 481 g/mol. The Labute approximate surface area is 207 Å². The van der Waals surface area contributed by atoms with Gasteiger partial charge in [0.05, 0.1) is 28.9 Å². The van der Waals surface area contributed by atoms with Crippen LogP contribution in [0.3, 0.4) is 0 Å². The van der Waals surface area contributed by atoms with Gasteiger partial charge in [-0.3, -0.25) is 13.9 Å². The highest BCUT2D eigenvalue weighted by atomic mass is 16.5. The van der Waals surface area contributed by atoms with Gasteiger partial charge in [-0.2, -0.15) is 5.26 Å². The largest absolute Gasteiger partial charge is 0.457 e. The van der Waals surface area contributed by atoms with E-state index in [-0.39, 0.29) is 23.5 Å². The van der Waals surface area contributed by atoms with Crippen LogP contribution in [-0.2, 0) is 4.79 Å². The molecule has 0 aliphatic carbocycles. The predicted octanol–water partition coefficient (Wildman–Crippen LogP) is 3.78. The smallest absolute Gasteiger partial charge is 0.334 e. The molecule has 36 heavy (non-hydrogen) atoms. The number of nitrogens with zero attached hydrogens (tertiary/aromatic N) is 5. The quantitative estimate of drug-likeness (QED) is 0.434. The number of carbonyl (C=O) groups excluding carboxylic acids is 1. The summed E-state index contributed by atoms with van der Waals surface area (Å²) in [6.45, 7) is 4.64. The monoisotopic (exact) mass is 480 g/mol. The van der Waals surface area contributed by atoms with E-state index < -0.39 is 0 Å². The lowest BCUT2D eigenvalue weighted by Gasteiger charge is -2.32. The van der Waals surface area contributed by atoms with Crippen molar-refractivity contribution in [3.63, 3.8) is 0 Å². The number of amides is 1. The fourth-order valence-corrected chi connectivity index (χ4v) is 4.67. The number of hydrogen-bond donors (Lipinski definition) is 1. The van der Waals surface area contributed by atoms with Crippen molar-refractivity contribution in [1.29, 1.82) is 5.26 Å². The van der Waals surface area contributed by atoms with Gasteiger partial charge in [-0.1, -0.05) is 6.58 Å². The Morgan fingerprint density at radius 2 is 1.83 bits per heavy atom. The van der Waals surface area contributed by atoms with Crippen LogP contribution >= 0.6 is 0 Å². The number of imidazole rings is 1. The Kier molecular flexibility index (Phi) is 6.00. The van der Waals surface area contributed by atoms with Crippen molar-refractivity contribution in [3.05, 3.63) is 89.5 Å². The molecule has 0 saturated carbocycles. The summed E-state index contributed by atoms with van der Waals surface area (Å²) in [5, 5.41) is 8.95. The van der Waals surface area contributed by atoms with Crippen molar-refractivity contribution in [2.45, 2.75) is 18.9 Å². The number of fused-ring (bicyclic) bond motifs is 1. The molecule has 1 saturated heterocycles. The van der Waals surface area contributed by atoms with E-state index in [9.17, 15) is 9.59 Å². The molecule has 2 N–H and O–H groups in total. The van der Waals surface area contributed by atoms with E-state index in [1.807, 2.05) is 0 Å². The number of hydrogen-bond acceptors (Lipinski definition) is 6. The lowest BCUT2D eigenvalue weighted by molar-refractivity contribution is -0.127. The lowest BCUT2D eigenvalue weighted by atomic mass is 10.1. The first-order chi connectivity index (χ1) is 17.5. The van der Waals surface area contributed by atoms with Crippen LogP contribution in [0, 0.1) is 11.3 Å². The first-order valence-electron chi connectivity index (χ1n) is 11.6. The number of carbonyl (C=O) groups is 1. The van der Waals surface area contributed by atoms with Crippen molar-refractivity contribution in [2.24, 2.45) is 0 Å². The molecule has 0 bridgehead atoms. The van der Waals surface area contributed by atoms with Gasteiger partial charge in [-0.05, 0) is 73.5 Å². The molecule has 5 rings (SSSR count). The van der Waals surface area contributed by atoms with Gasteiger partial charge < -0.3 is 15.4 Å². The van der Waals surface area contributed by atoms with Gasteiger partial charge in [0, 0.05) is 19.3 Å². The molecule has 1 aliphatic heterocycles. The number of piperidine rings is 1. The second-order valence-corrected chi connectivity index (χ2v) is 8.57. The Morgan fingerprint density at radius 3 is 2.50 bits per heavy atom. The van der Waals surface area contributed by atoms with Crippen LogP contribution in [0.4, 0.5) is 5.82 Å². The summed E-state index contributed by atoms with van der Waals surface area (Å²) in [7, 11) is 0. The summed E-state index contributed by atoms with van der Waals surface area (Å²) in [5.74, 6) is 1.28. The molecule has 4 aromatic rings. The second kappa shape index (κ2) is 9.43. The van der Waals surface area contributed by atoms with Gasteiger partial charge in [-0.15, -0.1) is 0 Å². The number of ether oxygens (including phenoxy) is 1. The molecule has 9 heteroatoms. The minimum Gasteiger partial charge on any atom is -0.457 e. The molecule has 9 nitrogen and oxygen atoms in total. The number of benzene rings is 2. The second-order valence-electron chi connectivity index (χ2n) is 8.57. The number of aromatic nitrogens is 3. The first kappa shape index (κ1) is 22.9. The predicted molar refractivity (Wildman–Crippen MR) is 136 cm³/mol. The van der Waals surface area contributed by atoms with Crippen LogP contribution in [0.15, 0.2) is 78.2 Å². The molecule has 180 valence electrons. The topological polar surface area (TPSA) is 119 Å². The molecule has 3 heterocycles. The van der Waals surface area contributed by atoms with Gasteiger partial charge in [0.15, 0.2) is 0 Å². The van der Waals surface area contributed by atoms with Gasteiger partial charge >= 0.3 is 5.69 Å². The zero-order valence-corrected chi connectivity index (χ0v) is 19.5. The first-order valence-corrected chi connectivity index (χ1v) is 11.6. The number of rotatable bonds is 5. The van der Waals surface area contributed by atoms with Gasteiger partial charge in [-0.25, -0.2) is 9.78 Å². The molecular formula is C27H24N6O3. The van der Waals surface area contributed by atoms with Crippen LogP contribution in [0.1, 0.15) is 24.4 Å². The minimum absolute atomic E-state index is 0.143. The molecule has 2 aromatic carbocycles. The zero-order valence-electron chi connectivity index (χ0n) is 19.5. The summed E-state index contributed by atoms with van der Waals surface area (Å²) in [6.07, 6.45) is 4.44. The third-order valence-corrected chi connectivity index (χ3v) is 6.37. The number of nitrogens with two attached hydrogens (primary N) is 1. The molecular weight excluding hydrogens is 456 g/mol. The minimum atomic E-state index is -0.247. The van der Waals surface area contributed by atoms with Gasteiger partial charge in [0.1, 0.15) is 22.8 Å². The zero-order chi connectivity index (χ0) is 25.2. The highest BCUT2D eigenvalue weighted by Gasteiger charge is 2.28. The third-order valence-electron chi connectivity index (χ3n) is 6.37. The van der Waals surface area contributed by atoms with E-state index in [2.05, 4.69) is 17.6 Å². The average Bonchev–Trinajstić information content (AvgIpc) is 3.22. The van der Waals surface area contributed by atoms with Crippen LogP contribution in [0.25, 0.3) is 16.7 Å². The lowest BCUT2D eigenvalue weighted by Crippen LogP contribution is -2.42. The van der Waals surface area contributed by atoms with Crippen molar-refractivity contribution in [1.82, 2.24) is 19.0 Å². The van der Waals surface area contributed by atoms with Crippen molar-refractivity contribution in [2.75, 3.05) is 18.8 Å². The fraction of sp³-hybridized carbons (Fsp3) is 0.185. The number of anilines is 1. The molecule has 1 atom stereocenters. The third kappa shape index (κ3) is 4.09. The number of nitriles is 1. The summed E-state index contributed by atoms with van der Waals surface area (Å²) >= 11 is 0. The summed E-state index contributed by atoms with van der Waals surface area (Å²) in [4.78, 5) is 31.9. The molecule has 1 fully saturated rings. The van der Waals surface area contributed by atoms with E-state index in [4.69, 9.17) is 15.7 Å². The Morgan fingerprint density at radius 1 is 1.14 bits per heavy atom. The highest BCUT2D eigenvalue weighted by Crippen LogP contribution is 2.29. The number of nitrogen functional groups attached to an aromatic ring is 1. The van der Waals surface area contributed by atoms with Crippen LogP contribution in [-0.4, -0.2) is 38.0 Å². The van der Waals surface area contributed by atoms with Crippen LogP contribution in [0.5, 0.6) is 11.5 Å². The summed E-state index contributed by atoms with van der Waals surface area (Å²) in [5.41, 5.74) is 8.36. The molecule has 2 aromatic heterocycles. The maximum absolute atomic E-state index is 13.8. The summed E-state index contributed by atoms with van der Waals surface area (Å²) in [6, 6.07) is 17.6. The number of pyridine rings is 1. The Hall–Kier alpha value is -4.84. The normalized spacial score (nSPS) is 15.4. The Bertz CT molecular complexity index is 1540. The van der Waals surface area contributed by atoms with E-state index in [1.54, 1.807) is 74.8 Å². The molecule has 0 spiro atoms. The summed E-state index contributed by atoms with van der Waals surface area (Å²) < 4.78 is 9.14. The SMILES string of the molecule is C=CC(=O)N1CCC[C@@H](n2c(=O)n(-c3ccc(Oc4ccc(C#N)cc4)cc3)c3c(N)nccc32)C1. The van der Waals surface area contributed by atoms with E-state index in [1.165, 1.54) is 6.08 Å². The molecule has 0 unspecified atom stereocenters. The van der Waals surface area contributed by atoms with Crippen LogP contribution < -0.4 is 16.2 Å². The fourth-order valence-electron chi connectivity index (χ4n) is 4.67. The molecule has 0 radical (unpaired) electrons. The van der Waals surface area contributed by atoms with Crippen molar-refractivity contribution in [3.8, 4) is 23.3 Å². The van der Waals surface area contributed by atoms with Crippen molar-refractivity contribution < 1.29 is 9.53 Å². The van der Waals surface area contributed by atoms with Crippen molar-refractivity contribution >= 4 is 22.8 Å². The van der Waals surface area contributed by atoms with E-state index in [0.29, 0.717) is 46.9 Å². The maximum atomic E-state index is 13.8. The Balaban J connectivity index is 1.52. The van der Waals surface area contributed by atoms with E-state index >= 15 is 0 Å². The molecule has 1 amide bonds. The highest BCUT2D eigenvalue weighted by molar-refractivity contribution is 5.88. The van der Waals surface area contributed by atoms with Crippen LogP contribution in [0.2, 0.25) is 0 Å². The number of likely N-dealkylation sites (tertiary alicyclic amines) is 1. The maximum Gasteiger partial charge on any atom is 0.334 e. The molecule has 1 aliphatic rings. The van der Waals surface area contributed by atoms with E-state index in [0.717, 1.165) is 12.8 Å². The van der Waals surface area contributed by atoms with Gasteiger partial charge in [0.25, 0.3) is 0 Å². The standard InChI is InChI=1S/C27H24N6O3/c1-2-24(34)31-15-3-4-20(17-31)32-23-13-14-30-26(29)25(23)33(27(32)35)19-7-11-22(12-8-19)36-21-9-5-18(16-28)6-10-21/h2,5-14,20H,1,3-4,15,17H2,(H2,29,30)/t20-/m1/s1. The van der Waals surface area contributed by atoms with Gasteiger partial charge in [0.2, 0.25) is 5.91 Å².